The molecule has 20 heavy (non-hydrogen) atoms. The molecule has 1 aliphatic rings. The SMILES string of the molecule is CCCOc1ccc(C(O)C2CCC(C)(C)CC2)cc1. The van der Waals surface area contributed by atoms with Gasteiger partial charge in [0, 0.05) is 0 Å². The maximum absolute atomic E-state index is 10.5. The highest BCUT2D eigenvalue weighted by Crippen LogP contribution is 2.42. The summed E-state index contributed by atoms with van der Waals surface area (Å²) in [5, 5.41) is 10.5. The van der Waals surface area contributed by atoms with Gasteiger partial charge in [-0.3, -0.25) is 0 Å². The fraction of sp³-hybridized carbons (Fsp3) is 0.667. The van der Waals surface area contributed by atoms with Gasteiger partial charge in [0.15, 0.2) is 0 Å². The molecule has 2 heteroatoms. The molecule has 1 aromatic rings. The van der Waals surface area contributed by atoms with Crippen molar-refractivity contribution >= 4 is 0 Å². The quantitative estimate of drug-likeness (QED) is 0.842. The lowest BCUT2D eigenvalue weighted by Crippen LogP contribution is -2.25. The Kier molecular flexibility index (Phi) is 5.09. The smallest absolute Gasteiger partial charge is 0.119 e. The normalized spacial score (nSPS) is 20.6. The van der Waals surface area contributed by atoms with E-state index in [4.69, 9.17) is 4.74 Å². The van der Waals surface area contributed by atoms with Gasteiger partial charge in [-0.2, -0.15) is 0 Å². The Balaban J connectivity index is 1.94. The minimum absolute atomic E-state index is 0.327. The third-order valence-electron chi connectivity index (χ3n) is 4.52. The fourth-order valence-electron chi connectivity index (χ4n) is 2.99. The Labute approximate surface area is 123 Å². The lowest BCUT2D eigenvalue weighted by Gasteiger charge is -2.36. The number of ether oxygens (including phenoxy) is 1. The van der Waals surface area contributed by atoms with Crippen LogP contribution in [-0.2, 0) is 0 Å². The van der Waals surface area contributed by atoms with Gasteiger partial charge >= 0.3 is 0 Å². The summed E-state index contributed by atoms with van der Waals surface area (Å²) in [6, 6.07) is 7.97. The van der Waals surface area contributed by atoms with E-state index in [0.717, 1.165) is 37.2 Å². The summed E-state index contributed by atoms with van der Waals surface area (Å²) in [6.07, 6.45) is 5.37. The molecule has 1 saturated carbocycles. The molecule has 2 rings (SSSR count). The van der Waals surface area contributed by atoms with Crippen molar-refractivity contribution in [2.75, 3.05) is 6.61 Å². The lowest BCUT2D eigenvalue weighted by atomic mass is 9.71. The molecule has 0 bridgehead atoms. The van der Waals surface area contributed by atoms with Crippen LogP contribution in [0.1, 0.15) is 64.5 Å². The molecule has 1 unspecified atom stereocenters. The van der Waals surface area contributed by atoms with Crippen molar-refractivity contribution in [1.82, 2.24) is 0 Å². The Hall–Kier alpha value is -1.02. The van der Waals surface area contributed by atoms with Crippen molar-refractivity contribution in [3.05, 3.63) is 29.8 Å². The predicted molar refractivity (Wildman–Crippen MR) is 82.9 cm³/mol. The Morgan fingerprint density at radius 2 is 1.80 bits per heavy atom. The third kappa shape index (κ3) is 3.99. The first-order chi connectivity index (χ1) is 9.52. The van der Waals surface area contributed by atoms with E-state index in [1.54, 1.807) is 0 Å². The highest BCUT2D eigenvalue weighted by atomic mass is 16.5. The van der Waals surface area contributed by atoms with Crippen molar-refractivity contribution in [3.8, 4) is 5.75 Å². The average molecular weight is 276 g/mol. The second-order valence-corrected chi connectivity index (χ2v) is 6.86. The molecule has 112 valence electrons. The first kappa shape index (κ1) is 15.4. The van der Waals surface area contributed by atoms with Crippen molar-refractivity contribution in [2.45, 2.75) is 59.0 Å². The standard InChI is InChI=1S/C18H28O2/c1-4-13-20-16-7-5-14(6-8-16)17(19)15-9-11-18(2,3)12-10-15/h5-8,15,17,19H,4,9-13H2,1-3H3. The Morgan fingerprint density at radius 3 is 2.35 bits per heavy atom. The van der Waals surface area contributed by atoms with Gasteiger partial charge in [0.2, 0.25) is 0 Å². The molecule has 0 spiro atoms. The molecule has 1 atom stereocenters. The van der Waals surface area contributed by atoms with E-state index in [9.17, 15) is 5.11 Å². The monoisotopic (exact) mass is 276 g/mol. The fourth-order valence-corrected chi connectivity index (χ4v) is 2.99. The zero-order chi connectivity index (χ0) is 14.6. The zero-order valence-corrected chi connectivity index (χ0v) is 13.1. The molecule has 1 N–H and O–H groups in total. The molecule has 1 aliphatic carbocycles. The van der Waals surface area contributed by atoms with E-state index in [-0.39, 0.29) is 6.10 Å². The van der Waals surface area contributed by atoms with Crippen LogP contribution >= 0.6 is 0 Å². The average Bonchev–Trinajstić information content (AvgIpc) is 2.45. The summed E-state index contributed by atoms with van der Waals surface area (Å²) in [7, 11) is 0. The highest BCUT2D eigenvalue weighted by molar-refractivity contribution is 5.28. The maximum Gasteiger partial charge on any atom is 0.119 e. The number of hydrogen-bond acceptors (Lipinski definition) is 2. The number of hydrogen-bond donors (Lipinski definition) is 1. The molecule has 2 nitrogen and oxygen atoms in total. The van der Waals surface area contributed by atoms with Crippen LogP contribution in [0.2, 0.25) is 0 Å². The van der Waals surface area contributed by atoms with Gasteiger partial charge in [-0.15, -0.1) is 0 Å². The van der Waals surface area contributed by atoms with E-state index in [2.05, 4.69) is 20.8 Å². The summed E-state index contributed by atoms with van der Waals surface area (Å²) in [5.74, 6) is 1.30. The number of rotatable bonds is 5. The molecule has 0 heterocycles. The van der Waals surface area contributed by atoms with Crippen LogP contribution < -0.4 is 4.74 Å². The minimum Gasteiger partial charge on any atom is -0.494 e. The molecule has 1 fully saturated rings. The summed E-state index contributed by atoms with van der Waals surface area (Å²) >= 11 is 0. The van der Waals surface area contributed by atoms with Crippen LogP contribution in [0.25, 0.3) is 0 Å². The second-order valence-electron chi connectivity index (χ2n) is 6.86. The van der Waals surface area contributed by atoms with Crippen LogP contribution in [0.15, 0.2) is 24.3 Å². The largest absolute Gasteiger partial charge is 0.494 e. The van der Waals surface area contributed by atoms with Crippen molar-refractivity contribution < 1.29 is 9.84 Å². The predicted octanol–water partition coefficient (Wildman–Crippen LogP) is 4.73. The molecule has 0 aromatic heterocycles. The van der Waals surface area contributed by atoms with Gasteiger partial charge in [0.1, 0.15) is 5.75 Å². The molecule has 0 radical (unpaired) electrons. The van der Waals surface area contributed by atoms with Gasteiger partial charge in [0.25, 0.3) is 0 Å². The number of aliphatic hydroxyl groups excluding tert-OH is 1. The molecule has 0 aliphatic heterocycles. The second kappa shape index (κ2) is 6.62. The van der Waals surface area contributed by atoms with Gasteiger partial charge in [-0.05, 0) is 61.1 Å². The van der Waals surface area contributed by atoms with E-state index in [0.29, 0.717) is 11.3 Å². The summed E-state index contributed by atoms with van der Waals surface area (Å²) in [5.41, 5.74) is 1.48. The molecular formula is C18H28O2. The Morgan fingerprint density at radius 1 is 1.20 bits per heavy atom. The van der Waals surface area contributed by atoms with E-state index >= 15 is 0 Å². The molecular weight excluding hydrogens is 248 g/mol. The van der Waals surface area contributed by atoms with Crippen LogP contribution in [-0.4, -0.2) is 11.7 Å². The molecule has 0 saturated heterocycles. The summed E-state index contributed by atoms with van der Waals surface area (Å²) in [6.45, 7) is 7.51. The molecule has 1 aromatic carbocycles. The third-order valence-corrected chi connectivity index (χ3v) is 4.52. The van der Waals surface area contributed by atoms with Crippen molar-refractivity contribution in [1.29, 1.82) is 0 Å². The van der Waals surface area contributed by atoms with E-state index in [1.807, 2.05) is 24.3 Å². The van der Waals surface area contributed by atoms with Gasteiger partial charge in [-0.25, -0.2) is 0 Å². The first-order valence-corrected chi connectivity index (χ1v) is 7.93. The van der Waals surface area contributed by atoms with Gasteiger partial charge in [-0.1, -0.05) is 32.9 Å². The molecule has 0 amide bonds. The minimum atomic E-state index is -0.327. The zero-order valence-electron chi connectivity index (χ0n) is 13.1. The van der Waals surface area contributed by atoms with Crippen LogP contribution in [0.4, 0.5) is 0 Å². The Bertz CT molecular complexity index is 398. The van der Waals surface area contributed by atoms with E-state index < -0.39 is 0 Å². The maximum atomic E-state index is 10.5. The number of aliphatic hydroxyl groups is 1. The van der Waals surface area contributed by atoms with Crippen molar-refractivity contribution in [3.63, 3.8) is 0 Å². The van der Waals surface area contributed by atoms with Gasteiger partial charge < -0.3 is 9.84 Å². The highest BCUT2D eigenvalue weighted by Gasteiger charge is 2.31. The van der Waals surface area contributed by atoms with E-state index in [1.165, 1.54) is 12.8 Å². The van der Waals surface area contributed by atoms with Crippen LogP contribution in [0.3, 0.4) is 0 Å². The van der Waals surface area contributed by atoms with Crippen LogP contribution in [0.5, 0.6) is 5.75 Å². The summed E-state index contributed by atoms with van der Waals surface area (Å²) in [4.78, 5) is 0. The van der Waals surface area contributed by atoms with Crippen molar-refractivity contribution in [2.24, 2.45) is 11.3 Å². The topological polar surface area (TPSA) is 29.5 Å². The first-order valence-electron chi connectivity index (χ1n) is 7.93. The number of benzene rings is 1. The van der Waals surface area contributed by atoms with Gasteiger partial charge in [0.05, 0.1) is 12.7 Å². The van der Waals surface area contributed by atoms with Crippen LogP contribution in [0, 0.1) is 11.3 Å². The lowest BCUT2D eigenvalue weighted by molar-refractivity contribution is 0.0567. The summed E-state index contributed by atoms with van der Waals surface area (Å²) < 4.78 is 5.58.